The van der Waals surface area contributed by atoms with Crippen molar-refractivity contribution >= 4 is 22.5 Å². The van der Waals surface area contributed by atoms with Crippen LogP contribution in [-0.2, 0) is 6.54 Å². The number of nitrogens with zero attached hydrogens (tertiary/aromatic N) is 2. The fraction of sp³-hybridized carbons (Fsp3) is 0.417. The molecule has 0 spiro atoms. The van der Waals surface area contributed by atoms with Crippen LogP contribution in [0, 0.1) is 0 Å². The lowest BCUT2D eigenvalue weighted by Gasteiger charge is -2.26. The zero-order chi connectivity index (χ0) is 22.2. The van der Waals surface area contributed by atoms with Crippen molar-refractivity contribution in [3.05, 3.63) is 63.8 Å². The van der Waals surface area contributed by atoms with Crippen LogP contribution in [-0.4, -0.2) is 49.3 Å². The van der Waals surface area contributed by atoms with Gasteiger partial charge in [-0.1, -0.05) is 11.6 Å². The van der Waals surface area contributed by atoms with Crippen molar-refractivity contribution in [1.29, 1.82) is 0 Å². The molecule has 1 aliphatic rings. The molecular formula is C24H28ClN3O4. The molecule has 0 atom stereocenters. The third-order valence-electron chi connectivity index (χ3n) is 5.41. The van der Waals surface area contributed by atoms with Gasteiger partial charge in [-0.15, -0.1) is 0 Å². The number of rotatable bonds is 10. The number of fused-ring (bicyclic) bond motifs is 1. The number of aromatic nitrogens is 1. The van der Waals surface area contributed by atoms with Crippen molar-refractivity contribution < 1.29 is 13.9 Å². The Morgan fingerprint density at radius 1 is 1.03 bits per heavy atom. The summed E-state index contributed by atoms with van der Waals surface area (Å²) < 4.78 is 17.2. The normalized spacial score (nSPS) is 14.5. The third-order valence-corrected chi connectivity index (χ3v) is 5.64. The van der Waals surface area contributed by atoms with E-state index in [9.17, 15) is 4.79 Å². The monoisotopic (exact) mass is 457 g/mol. The second-order valence-electron chi connectivity index (χ2n) is 7.83. The molecule has 1 saturated heterocycles. The lowest BCUT2D eigenvalue weighted by Crippen LogP contribution is -2.42. The van der Waals surface area contributed by atoms with E-state index in [0.717, 1.165) is 62.1 Å². The van der Waals surface area contributed by atoms with Gasteiger partial charge in [0, 0.05) is 48.9 Å². The van der Waals surface area contributed by atoms with Gasteiger partial charge in [-0.2, -0.15) is 0 Å². The summed E-state index contributed by atoms with van der Waals surface area (Å²) in [6.07, 6.45) is 5.80. The standard InChI is InChI=1S/C24H28ClN3O4/c25-18-4-5-21-20(14-18)23(6-7-27-21)30-12-2-1-3-13-31-24-17-32-19(15-22(24)29)16-28-10-8-26-9-11-28/h4-7,14-15,17,26H,1-3,8-13,16H2. The molecule has 0 amide bonds. The smallest absolute Gasteiger partial charge is 0.227 e. The Hall–Kier alpha value is -2.61. The van der Waals surface area contributed by atoms with Crippen molar-refractivity contribution in [3.8, 4) is 11.5 Å². The highest BCUT2D eigenvalue weighted by molar-refractivity contribution is 6.31. The van der Waals surface area contributed by atoms with Crippen LogP contribution in [0.5, 0.6) is 11.5 Å². The van der Waals surface area contributed by atoms with Crippen molar-refractivity contribution in [2.75, 3.05) is 39.4 Å². The van der Waals surface area contributed by atoms with Crippen LogP contribution < -0.4 is 20.2 Å². The third kappa shape index (κ3) is 6.22. The summed E-state index contributed by atoms with van der Waals surface area (Å²) in [4.78, 5) is 18.9. The minimum Gasteiger partial charge on any atom is -0.493 e. The molecule has 8 heteroatoms. The van der Waals surface area contributed by atoms with Crippen molar-refractivity contribution in [2.24, 2.45) is 0 Å². The molecular weight excluding hydrogens is 430 g/mol. The minimum atomic E-state index is -0.132. The van der Waals surface area contributed by atoms with Gasteiger partial charge in [-0.3, -0.25) is 14.7 Å². The quantitative estimate of drug-likeness (QED) is 0.463. The molecule has 1 N–H and O–H groups in total. The van der Waals surface area contributed by atoms with Crippen LogP contribution >= 0.6 is 11.6 Å². The Morgan fingerprint density at radius 2 is 1.81 bits per heavy atom. The molecule has 1 aromatic carbocycles. The summed E-state index contributed by atoms with van der Waals surface area (Å²) in [5.41, 5.74) is 0.728. The molecule has 0 saturated carbocycles. The van der Waals surface area contributed by atoms with Crippen LogP contribution in [0.2, 0.25) is 5.02 Å². The maximum atomic E-state index is 12.3. The first-order valence-corrected chi connectivity index (χ1v) is 11.4. The number of pyridine rings is 1. The Bertz CT molecular complexity index is 1080. The number of nitrogens with one attached hydrogen (secondary N) is 1. The summed E-state index contributed by atoms with van der Waals surface area (Å²) in [7, 11) is 0. The lowest BCUT2D eigenvalue weighted by molar-refractivity contribution is 0.212. The van der Waals surface area contributed by atoms with E-state index in [1.54, 1.807) is 6.20 Å². The van der Waals surface area contributed by atoms with Gasteiger partial charge in [0.2, 0.25) is 11.2 Å². The lowest BCUT2D eigenvalue weighted by atomic mass is 10.2. The van der Waals surface area contributed by atoms with Crippen LogP contribution in [0.25, 0.3) is 10.9 Å². The molecule has 1 aliphatic heterocycles. The van der Waals surface area contributed by atoms with E-state index in [2.05, 4.69) is 15.2 Å². The molecule has 3 aromatic rings. The van der Waals surface area contributed by atoms with E-state index < -0.39 is 0 Å². The first-order chi connectivity index (χ1) is 15.7. The number of halogens is 1. The second kappa shape index (κ2) is 11.3. The van der Waals surface area contributed by atoms with E-state index in [4.69, 9.17) is 25.5 Å². The minimum absolute atomic E-state index is 0.132. The van der Waals surface area contributed by atoms with Gasteiger partial charge in [0.05, 0.1) is 25.3 Å². The molecule has 0 bridgehead atoms. The summed E-state index contributed by atoms with van der Waals surface area (Å²) >= 11 is 6.09. The van der Waals surface area contributed by atoms with Gasteiger partial charge in [0.25, 0.3) is 0 Å². The van der Waals surface area contributed by atoms with Gasteiger partial charge in [-0.25, -0.2) is 0 Å². The Morgan fingerprint density at radius 3 is 2.59 bits per heavy atom. The predicted molar refractivity (Wildman–Crippen MR) is 125 cm³/mol. The molecule has 4 rings (SSSR count). The largest absolute Gasteiger partial charge is 0.493 e. The van der Waals surface area contributed by atoms with Crippen molar-refractivity contribution in [1.82, 2.24) is 15.2 Å². The maximum absolute atomic E-state index is 12.3. The number of hydrogen-bond donors (Lipinski definition) is 1. The zero-order valence-electron chi connectivity index (χ0n) is 18.0. The van der Waals surface area contributed by atoms with Gasteiger partial charge in [0.1, 0.15) is 17.8 Å². The summed E-state index contributed by atoms with van der Waals surface area (Å²) in [5, 5.41) is 4.88. The first-order valence-electron chi connectivity index (χ1n) is 11.0. The molecule has 0 unspecified atom stereocenters. The molecule has 170 valence electrons. The van der Waals surface area contributed by atoms with Gasteiger partial charge < -0.3 is 19.2 Å². The Labute approximate surface area is 192 Å². The van der Waals surface area contributed by atoms with Crippen LogP contribution in [0.3, 0.4) is 0 Å². The van der Waals surface area contributed by atoms with Crippen LogP contribution in [0.1, 0.15) is 25.0 Å². The highest BCUT2D eigenvalue weighted by atomic mass is 35.5. The SMILES string of the molecule is O=c1cc(CN2CCNCC2)occ1OCCCCCOc1ccnc2ccc(Cl)cc12. The number of benzene rings is 1. The van der Waals surface area contributed by atoms with E-state index >= 15 is 0 Å². The van der Waals surface area contributed by atoms with E-state index in [0.29, 0.717) is 30.5 Å². The first kappa shape index (κ1) is 22.6. The number of ether oxygens (including phenoxy) is 2. The van der Waals surface area contributed by atoms with Gasteiger partial charge in [-0.05, 0) is 43.5 Å². The average Bonchev–Trinajstić information content (AvgIpc) is 2.80. The Balaban J connectivity index is 1.16. The molecule has 1 fully saturated rings. The summed E-state index contributed by atoms with van der Waals surface area (Å²) in [6.45, 7) is 5.54. The molecule has 0 radical (unpaired) electrons. The van der Waals surface area contributed by atoms with E-state index in [1.807, 2.05) is 24.3 Å². The highest BCUT2D eigenvalue weighted by Gasteiger charge is 2.12. The van der Waals surface area contributed by atoms with Crippen molar-refractivity contribution in [3.63, 3.8) is 0 Å². The zero-order valence-corrected chi connectivity index (χ0v) is 18.8. The summed E-state index contributed by atoms with van der Waals surface area (Å²) in [5.74, 6) is 1.73. The van der Waals surface area contributed by atoms with Crippen molar-refractivity contribution in [2.45, 2.75) is 25.8 Å². The predicted octanol–water partition coefficient (Wildman–Crippen LogP) is 3.87. The fourth-order valence-electron chi connectivity index (χ4n) is 3.68. The van der Waals surface area contributed by atoms with Gasteiger partial charge >= 0.3 is 0 Å². The van der Waals surface area contributed by atoms with E-state index in [1.165, 1.54) is 12.3 Å². The maximum Gasteiger partial charge on any atom is 0.227 e. The molecule has 2 aromatic heterocycles. The molecule has 3 heterocycles. The summed E-state index contributed by atoms with van der Waals surface area (Å²) in [6, 6.07) is 8.97. The van der Waals surface area contributed by atoms with E-state index in [-0.39, 0.29) is 11.2 Å². The molecule has 7 nitrogen and oxygen atoms in total. The number of hydrogen-bond acceptors (Lipinski definition) is 7. The van der Waals surface area contributed by atoms with Crippen LogP contribution in [0.15, 0.2) is 52.0 Å². The van der Waals surface area contributed by atoms with Crippen LogP contribution in [0.4, 0.5) is 0 Å². The average molecular weight is 458 g/mol. The molecule has 0 aliphatic carbocycles. The van der Waals surface area contributed by atoms with Gasteiger partial charge in [0.15, 0.2) is 0 Å². The topological polar surface area (TPSA) is 76.8 Å². The highest BCUT2D eigenvalue weighted by Crippen LogP contribution is 2.26. The fourth-order valence-corrected chi connectivity index (χ4v) is 3.85. The second-order valence-corrected chi connectivity index (χ2v) is 8.27. The Kier molecular flexibility index (Phi) is 7.98. The number of piperazine rings is 1. The number of unbranched alkanes of at least 4 members (excludes halogenated alkanes) is 2. The molecule has 32 heavy (non-hydrogen) atoms.